The van der Waals surface area contributed by atoms with Gasteiger partial charge in [0.15, 0.2) is 0 Å². The van der Waals surface area contributed by atoms with Crippen molar-refractivity contribution in [3.05, 3.63) is 35.9 Å². The third-order valence-corrected chi connectivity index (χ3v) is 1.65. The minimum absolute atomic E-state index is 0.632. The number of hydrogen-bond donors (Lipinski definition) is 2. The molecule has 0 aliphatic heterocycles. The van der Waals surface area contributed by atoms with Crippen LogP contribution in [0.4, 0.5) is 9.18 Å². The molecule has 0 aromatic heterocycles. The molecule has 70 valence electrons. The maximum atomic E-state index is 12.4. The van der Waals surface area contributed by atoms with Gasteiger partial charge in [0.2, 0.25) is 0 Å². The second-order valence-corrected chi connectivity index (χ2v) is 2.57. The number of hydrogen-bond acceptors (Lipinski definition) is 1. The topological polar surface area (TPSA) is 49.3 Å². The lowest BCUT2D eigenvalue weighted by molar-refractivity contribution is 0.187. The fraction of sp³-hybridized carbons (Fsp3) is 0.222. The molecule has 1 unspecified atom stereocenters. The highest BCUT2D eigenvalue weighted by Gasteiger charge is 2.12. The highest BCUT2D eigenvalue weighted by Crippen LogP contribution is 2.12. The van der Waals surface area contributed by atoms with E-state index in [0.717, 1.165) is 0 Å². The fourth-order valence-corrected chi connectivity index (χ4v) is 1.05. The molecular weight excluding hydrogens is 173 g/mol. The highest BCUT2D eigenvalue weighted by molar-refractivity contribution is 5.65. The number of benzene rings is 1. The van der Waals surface area contributed by atoms with Crippen molar-refractivity contribution in [1.29, 1.82) is 0 Å². The Kier molecular flexibility index (Phi) is 3.25. The van der Waals surface area contributed by atoms with E-state index < -0.39 is 18.8 Å². The van der Waals surface area contributed by atoms with Crippen LogP contribution in [-0.4, -0.2) is 17.9 Å². The lowest BCUT2D eigenvalue weighted by Crippen LogP contribution is -2.27. The smallest absolute Gasteiger partial charge is 0.405 e. The summed E-state index contributed by atoms with van der Waals surface area (Å²) in [5, 5.41) is 10.5. The van der Waals surface area contributed by atoms with Gasteiger partial charge < -0.3 is 10.4 Å². The van der Waals surface area contributed by atoms with Crippen LogP contribution in [0.1, 0.15) is 11.6 Å². The van der Waals surface area contributed by atoms with Gasteiger partial charge in [-0.15, -0.1) is 0 Å². The van der Waals surface area contributed by atoms with Gasteiger partial charge in [0.1, 0.15) is 6.67 Å². The summed E-state index contributed by atoms with van der Waals surface area (Å²) >= 11 is 0. The first-order chi connectivity index (χ1) is 6.24. The third kappa shape index (κ3) is 2.74. The van der Waals surface area contributed by atoms with Gasteiger partial charge in [0.25, 0.3) is 0 Å². The minimum Gasteiger partial charge on any atom is -0.465 e. The number of carboxylic acid groups (broad SMARTS) is 1. The number of nitrogens with one attached hydrogen (secondary N) is 1. The maximum Gasteiger partial charge on any atom is 0.405 e. The fourth-order valence-electron chi connectivity index (χ4n) is 1.05. The van der Waals surface area contributed by atoms with Crippen molar-refractivity contribution in [1.82, 2.24) is 5.32 Å². The van der Waals surface area contributed by atoms with Crippen LogP contribution in [0.5, 0.6) is 0 Å². The number of halogens is 1. The zero-order chi connectivity index (χ0) is 9.68. The van der Waals surface area contributed by atoms with E-state index in [2.05, 4.69) is 5.32 Å². The molecule has 1 aromatic carbocycles. The molecular formula is C9H10FNO2. The predicted molar refractivity (Wildman–Crippen MR) is 46.3 cm³/mol. The van der Waals surface area contributed by atoms with Gasteiger partial charge in [0.05, 0.1) is 6.04 Å². The average molecular weight is 183 g/mol. The molecule has 0 saturated heterocycles. The van der Waals surface area contributed by atoms with E-state index in [4.69, 9.17) is 5.11 Å². The first-order valence-corrected chi connectivity index (χ1v) is 3.84. The Morgan fingerprint density at radius 1 is 1.46 bits per heavy atom. The van der Waals surface area contributed by atoms with Gasteiger partial charge in [-0.3, -0.25) is 0 Å². The summed E-state index contributed by atoms with van der Waals surface area (Å²) in [5.74, 6) is 0. The van der Waals surface area contributed by atoms with Crippen molar-refractivity contribution in [2.24, 2.45) is 0 Å². The normalized spacial score (nSPS) is 12.1. The Morgan fingerprint density at radius 3 is 2.54 bits per heavy atom. The van der Waals surface area contributed by atoms with Crippen LogP contribution < -0.4 is 5.32 Å². The lowest BCUT2D eigenvalue weighted by Gasteiger charge is -2.12. The van der Waals surface area contributed by atoms with Crippen LogP contribution >= 0.6 is 0 Å². The summed E-state index contributed by atoms with van der Waals surface area (Å²) < 4.78 is 12.4. The molecule has 0 saturated carbocycles. The second-order valence-electron chi connectivity index (χ2n) is 2.57. The molecule has 1 rings (SSSR count). The maximum absolute atomic E-state index is 12.4. The molecule has 0 aliphatic carbocycles. The molecule has 0 radical (unpaired) electrons. The summed E-state index contributed by atoms with van der Waals surface area (Å²) in [4.78, 5) is 10.3. The van der Waals surface area contributed by atoms with Gasteiger partial charge in [-0.1, -0.05) is 30.3 Å². The zero-order valence-corrected chi connectivity index (χ0v) is 6.90. The van der Waals surface area contributed by atoms with Crippen molar-refractivity contribution in [3.63, 3.8) is 0 Å². The Bertz CT molecular complexity index is 276. The van der Waals surface area contributed by atoms with Crippen LogP contribution in [-0.2, 0) is 0 Å². The van der Waals surface area contributed by atoms with Crippen LogP contribution in [0.3, 0.4) is 0 Å². The Hall–Kier alpha value is -1.58. The van der Waals surface area contributed by atoms with Gasteiger partial charge in [-0.25, -0.2) is 9.18 Å². The quantitative estimate of drug-likeness (QED) is 0.752. The summed E-state index contributed by atoms with van der Waals surface area (Å²) in [6, 6.07) is 7.86. The molecule has 3 nitrogen and oxygen atoms in total. The van der Waals surface area contributed by atoms with E-state index in [1.165, 1.54) is 0 Å². The summed E-state index contributed by atoms with van der Waals surface area (Å²) in [7, 11) is 0. The molecule has 1 amide bonds. The predicted octanol–water partition coefficient (Wildman–Crippen LogP) is 1.96. The number of amides is 1. The molecule has 0 heterocycles. The van der Waals surface area contributed by atoms with Crippen molar-refractivity contribution in [3.8, 4) is 0 Å². The summed E-state index contributed by atoms with van der Waals surface area (Å²) in [6.45, 7) is -0.740. The summed E-state index contributed by atoms with van der Waals surface area (Å²) in [5.41, 5.74) is 0.632. The SMILES string of the molecule is O=C(O)NC(CF)c1ccccc1. The van der Waals surface area contributed by atoms with E-state index >= 15 is 0 Å². The van der Waals surface area contributed by atoms with E-state index in [1.54, 1.807) is 30.3 Å². The van der Waals surface area contributed by atoms with Gasteiger partial charge in [-0.2, -0.15) is 0 Å². The van der Waals surface area contributed by atoms with Crippen molar-refractivity contribution < 1.29 is 14.3 Å². The number of alkyl halides is 1. The second kappa shape index (κ2) is 4.45. The van der Waals surface area contributed by atoms with E-state index in [-0.39, 0.29) is 0 Å². The molecule has 0 spiro atoms. The van der Waals surface area contributed by atoms with Crippen LogP contribution in [0, 0.1) is 0 Å². The molecule has 1 atom stereocenters. The lowest BCUT2D eigenvalue weighted by atomic mass is 10.1. The van der Waals surface area contributed by atoms with E-state index in [1.807, 2.05) is 0 Å². The molecule has 13 heavy (non-hydrogen) atoms. The largest absolute Gasteiger partial charge is 0.465 e. The Morgan fingerprint density at radius 2 is 2.08 bits per heavy atom. The molecule has 1 aromatic rings. The molecule has 0 fully saturated rings. The standard InChI is InChI=1S/C9H10FNO2/c10-6-8(11-9(12)13)7-4-2-1-3-5-7/h1-5,8,11H,6H2,(H,12,13). The number of rotatable bonds is 3. The first kappa shape index (κ1) is 9.51. The third-order valence-electron chi connectivity index (χ3n) is 1.65. The molecule has 0 bridgehead atoms. The van der Waals surface area contributed by atoms with Crippen molar-refractivity contribution in [2.75, 3.05) is 6.67 Å². The highest BCUT2D eigenvalue weighted by atomic mass is 19.1. The minimum atomic E-state index is -1.22. The average Bonchev–Trinajstić information content (AvgIpc) is 2.15. The zero-order valence-electron chi connectivity index (χ0n) is 6.90. The van der Waals surface area contributed by atoms with E-state index in [9.17, 15) is 9.18 Å². The first-order valence-electron chi connectivity index (χ1n) is 3.84. The molecule has 2 N–H and O–H groups in total. The molecule has 4 heteroatoms. The van der Waals surface area contributed by atoms with Gasteiger partial charge in [-0.05, 0) is 5.56 Å². The Labute approximate surface area is 75.2 Å². The van der Waals surface area contributed by atoms with Crippen LogP contribution in [0.25, 0.3) is 0 Å². The monoisotopic (exact) mass is 183 g/mol. The summed E-state index contributed by atoms with van der Waals surface area (Å²) in [6.07, 6.45) is -1.22. The van der Waals surface area contributed by atoms with Crippen molar-refractivity contribution in [2.45, 2.75) is 6.04 Å². The van der Waals surface area contributed by atoms with Gasteiger partial charge in [0, 0.05) is 0 Å². The van der Waals surface area contributed by atoms with Crippen LogP contribution in [0.15, 0.2) is 30.3 Å². The van der Waals surface area contributed by atoms with E-state index in [0.29, 0.717) is 5.56 Å². The van der Waals surface area contributed by atoms with Crippen LogP contribution in [0.2, 0.25) is 0 Å². The molecule has 0 aliphatic rings. The van der Waals surface area contributed by atoms with Crippen molar-refractivity contribution >= 4 is 6.09 Å². The van der Waals surface area contributed by atoms with Gasteiger partial charge >= 0.3 is 6.09 Å². The Balaban J connectivity index is 2.73. The number of carbonyl (C=O) groups is 1.